The van der Waals surface area contributed by atoms with Crippen LogP contribution in [0.2, 0.25) is 0 Å². The van der Waals surface area contributed by atoms with Gasteiger partial charge in [0.15, 0.2) is 0 Å². The van der Waals surface area contributed by atoms with Crippen LogP contribution in [0.3, 0.4) is 0 Å². The van der Waals surface area contributed by atoms with Crippen molar-refractivity contribution in [1.82, 2.24) is 0 Å². The van der Waals surface area contributed by atoms with Crippen molar-refractivity contribution in [2.24, 2.45) is 0 Å². The zero-order valence-corrected chi connectivity index (χ0v) is 7.37. The van der Waals surface area contributed by atoms with E-state index in [0.717, 1.165) is 5.56 Å². The highest BCUT2D eigenvalue weighted by Crippen LogP contribution is 2.13. The van der Waals surface area contributed by atoms with Gasteiger partial charge in [-0.05, 0) is 23.6 Å². The summed E-state index contributed by atoms with van der Waals surface area (Å²) in [5.74, 6) is 0.402. The van der Waals surface area contributed by atoms with Gasteiger partial charge in [0.2, 0.25) is 5.43 Å². The van der Waals surface area contributed by atoms with Crippen molar-refractivity contribution in [3.05, 3.63) is 40.1 Å². The maximum atomic E-state index is 11.1. The quantitative estimate of drug-likeness (QED) is 0.685. The van der Waals surface area contributed by atoms with Gasteiger partial charge in [-0.3, -0.25) is 4.79 Å². The first-order chi connectivity index (χ1) is 5.61. The molecule has 0 amide bonds. The second kappa shape index (κ2) is 3.39. The zero-order chi connectivity index (χ0) is 9.14. The van der Waals surface area contributed by atoms with Crippen molar-refractivity contribution < 1.29 is 0 Å². The second-order valence-electron chi connectivity index (χ2n) is 3.14. The van der Waals surface area contributed by atoms with Crippen LogP contribution in [0.25, 0.3) is 0 Å². The Morgan fingerprint density at radius 2 is 2.00 bits per heavy atom. The number of rotatable bonds is 1. The Hall–Kier alpha value is -1.31. The number of anilines is 1. The van der Waals surface area contributed by atoms with Gasteiger partial charge in [-0.15, -0.1) is 0 Å². The van der Waals surface area contributed by atoms with Crippen LogP contribution in [0.5, 0.6) is 0 Å². The summed E-state index contributed by atoms with van der Waals surface area (Å²) in [5, 5.41) is 0. The molecule has 0 atom stereocenters. The number of nitrogen functional groups attached to an aromatic ring is 1. The molecule has 2 N–H and O–H groups in total. The van der Waals surface area contributed by atoms with Gasteiger partial charge >= 0.3 is 0 Å². The molecule has 0 aliphatic heterocycles. The lowest BCUT2D eigenvalue weighted by molar-refractivity contribution is 0.869. The van der Waals surface area contributed by atoms with Crippen molar-refractivity contribution in [1.29, 1.82) is 0 Å². The van der Waals surface area contributed by atoms with E-state index in [9.17, 15) is 4.79 Å². The van der Waals surface area contributed by atoms with Crippen molar-refractivity contribution in [2.45, 2.75) is 19.8 Å². The maximum Gasteiger partial charge on any atom is 0.201 e. The fourth-order valence-electron chi connectivity index (χ4n) is 1.00. The van der Waals surface area contributed by atoms with E-state index in [1.165, 1.54) is 6.07 Å². The smallest absolute Gasteiger partial charge is 0.201 e. The average Bonchev–Trinajstić information content (AvgIpc) is 2.15. The van der Waals surface area contributed by atoms with Crippen LogP contribution in [-0.2, 0) is 0 Å². The monoisotopic (exact) mass is 163 g/mol. The molecule has 1 rings (SSSR count). The van der Waals surface area contributed by atoms with E-state index in [-0.39, 0.29) is 5.43 Å². The fourth-order valence-corrected chi connectivity index (χ4v) is 1.00. The molecule has 12 heavy (non-hydrogen) atoms. The molecule has 1 aromatic carbocycles. The first-order valence-electron chi connectivity index (χ1n) is 4.01. The first kappa shape index (κ1) is 8.78. The lowest BCUT2D eigenvalue weighted by Gasteiger charge is -2.00. The Morgan fingerprint density at radius 1 is 1.33 bits per heavy atom. The summed E-state index contributed by atoms with van der Waals surface area (Å²) in [6, 6.07) is 6.89. The minimum atomic E-state index is -0.109. The molecule has 64 valence electrons. The van der Waals surface area contributed by atoms with E-state index < -0.39 is 0 Å². The average molecular weight is 163 g/mol. The molecular formula is C10H13NO. The molecule has 0 radical (unpaired) electrons. The minimum absolute atomic E-state index is 0.109. The van der Waals surface area contributed by atoms with Gasteiger partial charge in [0.05, 0.1) is 5.69 Å². The Balaban J connectivity index is 3.31. The summed E-state index contributed by atoms with van der Waals surface area (Å²) in [6.45, 7) is 4.14. The minimum Gasteiger partial charge on any atom is -0.396 e. The summed E-state index contributed by atoms with van der Waals surface area (Å²) < 4.78 is 0. The van der Waals surface area contributed by atoms with Crippen LogP contribution in [-0.4, -0.2) is 0 Å². The zero-order valence-electron chi connectivity index (χ0n) is 7.37. The van der Waals surface area contributed by atoms with E-state index in [4.69, 9.17) is 5.73 Å². The Bertz CT molecular complexity index is 331. The predicted octanol–water partition coefficient (Wildman–Crippen LogP) is 1.75. The maximum absolute atomic E-state index is 11.1. The molecule has 2 heteroatoms. The summed E-state index contributed by atoms with van der Waals surface area (Å²) >= 11 is 0. The number of nitrogens with two attached hydrogens (primary N) is 1. The molecule has 0 fully saturated rings. The molecule has 0 saturated carbocycles. The molecule has 0 spiro atoms. The number of hydrogen-bond acceptors (Lipinski definition) is 2. The van der Waals surface area contributed by atoms with Gasteiger partial charge in [0, 0.05) is 0 Å². The third-order valence-electron chi connectivity index (χ3n) is 1.81. The summed E-state index contributed by atoms with van der Waals surface area (Å²) in [5.41, 5.74) is 6.83. The molecule has 0 aromatic heterocycles. The van der Waals surface area contributed by atoms with Crippen molar-refractivity contribution in [3.63, 3.8) is 0 Å². The van der Waals surface area contributed by atoms with Gasteiger partial charge in [-0.2, -0.15) is 0 Å². The highest BCUT2D eigenvalue weighted by atomic mass is 16.1. The lowest BCUT2D eigenvalue weighted by Crippen LogP contribution is -2.02. The summed E-state index contributed by atoms with van der Waals surface area (Å²) in [6.07, 6.45) is 0. The van der Waals surface area contributed by atoms with Gasteiger partial charge in [0.1, 0.15) is 0 Å². The van der Waals surface area contributed by atoms with Gasteiger partial charge < -0.3 is 5.73 Å². The Labute approximate surface area is 72.0 Å². The van der Waals surface area contributed by atoms with E-state index in [0.29, 0.717) is 11.6 Å². The predicted molar refractivity (Wildman–Crippen MR) is 51.2 cm³/mol. The molecule has 0 aliphatic carbocycles. The van der Waals surface area contributed by atoms with Crippen LogP contribution in [0.15, 0.2) is 29.1 Å². The highest BCUT2D eigenvalue weighted by Gasteiger charge is 1.98. The lowest BCUT2D eigenvalue weighted by atomic mass is 10.1. The Morgan fingerprint density at radius 3 is 2.58 bits per heavy atom. The molecule has 1 aromatic rings. The largest absolute Gasteiger partial charge is 0.396 e. The second-order valence-corrected chi connectivity index (χ2v) is 3.14. The van der Waals surface area contributed by atoms with Crippen molar-refractivity contribution >= 4 is 5.69 Å². The first-order valence-corrected chi connectivity index (χ1v) is 4.01. The molecule has 0 unspecified atom stereocenters. The van der Waals surface area contributed by atoms with E-state index in [1.807, 2.05) is 6.07 Å². The normalized spacial score (nSPS) is 10.2. The molecular weight excluding hydrogens is 150 g/mol. The summed E-state index contributed by atoms with van der Waals surface area (Å²) in [4.78, 5) is 11.1. The van der Waals surface area contributed by atoms with Crippen LogP contribution in [0, 0.1) is 0 Å². The van der Waals surface area contributed by atoms with E-state index >= 15 is 0 Å². The molecule has 0 heterocycles. The van der Waals surface area contributed by atoms with Crippen LogP contribution in [0.4, 0.5) is 5.69 Å². The third-order valence-corrected chi connectivity index (χ3v) is 1.81. The molecule has 0 bridgehead atoms. The van der Waals surface area contributed by atoms with E-state index in [2.05, 4.69) is 13.8 Å². The molecule has 0 aliphatic rings. The SMILES string of the molecule is CC(C)c1cccc(=O)c(N)c1. The third kappa shape index (κ3) is 1.84. The van der Waals surface area contributed by atoms with Gasteiger partial charge in [-0.1, -0.05) is 26.0 Å². The van der Waals surface area contributed by atoms with Gasteiger partial charge in [-0.25, -0.2) is 0 Å². The van der Waals surface area contributed by atoms with Crippen molar-refractivity contribution in [2.75, 3.05) is 5.73 Å². The highest BCUT2D eigenvalue weighted by molar-refractivity contribution is 5.40. The fraction of sp³-hybridized carbons (Fsp3) is 0.300. The van der Waals surface area contributed by atoms with Crippen LogP contribution < -0.4 is 11.2 Å². The molecule has 2 nitrogen and oxygen atoms in total. The molecule has 0 saturated heterocycles. The summed E-state index contributed by atoms with van der Waals surface area (Å²) in [7, 11) is 0. The standard InChI is InChI=1S/C10H13NO/c1-7(2)8-4-3-5-10(12)9(11)6-8/h3-7H,1-2H3,(H2,11,12). The van der Waals surface area contributed by atoms with Crippen LogP contribution in [0.1, 0.15) is 25.3 Å². The topological polar surface area (TPSA) is 43.1 Å². The van der Waals surface area contributed by atoms with Gasteiger partial charge in [0.25, 0.3) is 0 Å². The number of hydrogen-bond donors (Lipinski definition) is 1. The van der Waals surface area contributed by atoms with Crippen molar-refractivity contribution in [3.8, 4) is 0 Å². The Kier molecular flexibility index (Phi) is 2.48. The van der Waals surface area contributed by atoms with E-state index in [1.54, 1.807) is 12.1 Å². The van der Waals surface area contributed by atoms with Crippen LogP contribution >= 0.6 is 0 Å².